The SMILES string of the molecule is Cc1cccc2nc(CN3CCC(C)CC3)cc(=O)n12. The molecule has 0 saturated carbocycles. The van der Waals surface area contributed by atoms with Crippen molar-refractivity contribution in [2.75, 3.05) is 13.1 Å². The average molecular weight is 271 g/mol. The number of fused-ring (bicyclic) bond motifs is 1. The van der Waals surface area contributed by atoms with E-state index in [1.807, 2.05) is 25.1 Å². The van der Waals surface area contributed by atoms with E-state index in [1.165, 1.54) is 12.8 Å². The summed E-state index contributed by atoms with van der Waals surface area (Å²) in [4.78, 5) is 19.2. The molecule has 0 N–H and O–H groups in total. The van der Waals surface area contributed by atoms with Gasteiger partial charge in [0.2, 0.25) is 0 Å². The number of nitrogens with zero attached hydrogens (tertiary/aromatic N) is 3. The third-order valence-corrected chi connectivity index (χ3v) is 4.20. The summed E-state index contributed by atoms with van der Waals surface area (Å²) < 4.78 is 1.67. The number of pyridine rings is 1. The molecule has 1 fully saturated rings. The molecule has 0 spiro atoms. The maximum absolute atomic E-state index is 12.2. The molecule has 106 valence electrons. The zero-order valence-electron chi connectivity index (χ0n) is 12.2. The number of aryl methyl sites for hydroxylation is 1. The van der Waals surface area contributed by atoms with E-state index >= 15 is 0 Å². The van der Waals surface area contributed by atoms with Gasteiger partial charge in [-0.25, -0.2) is 4.98 Å². The molecule has 1 saturated heterocycles. The minimum absolute atomic E-state index is 0.0217. The van der Waals surface area contributed by atoms with Crippen LogP contribution in [-0.2, 0) is 6.54 Å². The first kappa shape index (κ1) is 13.3. The summed E-state index contributed by atoms with van der Waals surface area (Å²) in [5.41, 5.74) is 2.58. The largest absolute Gasteiger partial charge is 0.297 e. The molecule has 0 aliphatic carbocycles. The number of aromatic nitrogens is 2. The number of piperidine rings is 1. The van der Waals surface area contributed by atoms with Crippen LogP contribution in [0.15, 0.2) is 29.1 Å². The molecule has 2 aromatic rings. The van der Waals surface area contributed by atoms with E-state index in [-0.39, 0.29) is 5.56 Å². The zero-order valence-corrected chi connectivity index (χ0v) is 12.2. The monoisotopic (exact) mass is 271 g/mol. The van der Waals surface area contributed by atoms with Crippen molar-refractivity contribution in [2.24, 2.45) is 5.92 Å². The van der Waals surface area contributed by atoms with Crippen LogP contribution in [0.5, 0.6) is 0 Å². The van der Waals surface area contributed by atoms with E-state index in [2.05, 4.69) is 16.8 Å². The molecule has 0 radical (unpaired) electrons. The van der Waals surface area contributed by atoms with Crippen molar-refractivity contribution in [1.29, 1.82) is 0 Å². The Hall–Kier alpha value is -1.68. The van der Waals surface area contributed by atoms with Gasteiger partial charge in [-0.05, 0) is 50.9 Å². The van der Waals surface area contributed by atoms with E-state index in [0.717, 1.165) is 42.6 Å². The van der Waals surface area contributed by atoms with Crippen LogP contribution in [0.1, 0.15) is 31.2 Å². The van der Waals surface area contributed by atoms with E-state index in [9.17, 15) is 4.79 Å². The molecule has 1 aliphatic heterocycles. The van der Waals surface area contributed by atoms with Crippen LogP contribution in [-0.4, -0.2) is 27.4 Å². The topological polar surface area (TPSA) is 37.6 Å². The molecule has 0 amide bonds. The summed E-state index contributed by atoms with van der Waals surface area (Å²) in [6, 6.07) is 7.46. The number of hydrogen-bond acceptors (Lipinski definition) is 3. The highest BCUT2D eigenvalue weighted by molar-refractivity contribution is 5.40. The zero-order chi connectivity index (χ0) is 14.1. The number of rotatable bonds is 2. The van der Waals surface area contributed by atoms with Crippen LogP contribution in [0.2, 0.25) is 0 Å². The molecule has 1 aliphatic rings. The Labute approximate surface area is 119 Å². The van der Waals surface area contributed by atoms with Gasteiger partial charge in [0.15, 0.2) is 0 Å². The summed E-state index contributed by atoms with van der Waals surface area (Å²) in [5, 5.41) is 0. The third kappa shape index (κ3) is 2.61. The second-order valence-corrected chi connectivity index (χ2v) is 5.91. The van der Waals surface area contributed by atoms with Crippen molar-refractivity contribution >= 4 is 5.65 Å². The van der Waals surface area contributed by atoms with Gasteiger partial charge in [-0.2, -0.15) is 0 Å². The lowest BCUT2D eigenvalue weighted by atomic mass is 9.99. The predicted octanol–water partition coefficient (Wildman–Crippen LogP) is 2.23. The van der Waals surface area contributed by atoms with Gasteiger partial charge >= 0.3 is 0 Å². The normalized spacial score (nSPS) is 17.7. The molecule has 0 bridgehead atoms. The fraction of sp³-hybridized carbons (Fsp3) is 0.500. The lowest BCUT2D eigenvalue weighted by Gasteiger charge is -2.29. The Bertz CT molecular complexity index is 669. The summed E-state index contributed by atoms with van der Waals surface area (Å²) >= 11 is 0. The fourth-order valence-electron chi connectivity index (χ4n) is 2.89. The second kappa shape index (κ2) is 5.37. The van der Waals surface area contributed by atoms with Crippen LogP contribution in [0.25, 0.3) is 5.65 Å². The van der Waals surface area contributed by atoms with Gasteiger partial charge < -0.3 is 0 Å². The molecule has 0 aromatic carbocycles. The minimum atomic E-state index is 0.0217. The summed E-state index contributed by atoms with van der Waals surface area (Å²) in [5.74, 6) is 0.823. The Morgan fingerprint density at radius 2 is 2.05 bits per heavy atom. The van der Waals surface area contributed by atoms with Crippen molar-refractivity contribution in [3.05, 3.63) is 46.0 Å². The lowest BCUT2D eigenvalue weighted by molar-refractivity contribution is 0.183. The second-order valence-electron chi connectivity index (χ2n) is 5.91. The van der Waals surface area contributed by atoms with E-state index < -0.39 is 0 Å². The summed E-state index contributed by atoms with van der Waals surface area (Å²) in [6.45, 7) is 7.24. The number of hydrogen-bond donors (Lipinski definition) is 0. The van der Waals surface area contributed by atoms with Crippen LogP contribution in [0.3, 0.4) is 0 Å². The molecular weight excluding hydrogens is 250 g/mol. The Morgan fingerprint density at radius 1 is 1.30 bits per heavy atom. The Balaban J connectivity index is 1.88. The summed E-state index contributed by atoms with van der Waals surface area (Å²) in [6.07, 6.45) is 2.48. The van der Waals surface area contributed by atoms with E-state index in [0.29, 0.717) is 0 Å². The van der Waals surface area contributed by atoms with Gasteiger partial charge in [-0.1, -0.05) is 13.0 Å². The molecule has 4 heteroatoms. The van der Waals surface area contributed by atoms with Crippen molar-refractivity contribution in [2.45, 2.75) is 33.2 Å². The average Bonchev–Trinajstić information content (AvgIpc) is 2.41. The highest BCUT2D eigenvalue weighted by atomic mass is 16.1. The molecular formula is C16H21N3O. The molecule has 0 unspecified atom stereocenters. The van der Waals surface area contributed by atoms with Gasteiger partial charge in [-0.3, -0.25) is 14.1 Å². The van der Waals surface area contributed by atoms with Gasteiger partial charge in [0.1, 0.15) is 5.65 Å². The molecule has 20 heavy (non-hydrogen) atoms. The molecule has 3 heterocycles. The molecule has 2 aromatic heterocycles. The molecule has 3 rings (SSSR count). The van der Waals surface area contributed by atoms with Gasteiger partial charge in [0.25, 0.3) is 5.56 Å². The van der Waals surface area contributed by atoms with Crippen molar-refractivity contribution < 1.29 is 0 Å². The molecule has 4 nitrogen and oxygen atoms in total. The van der Waals surface area contributed by atoms with E-state index in [4.69, 9.17) is 0 Å². The highest BCUT2D eigenvalue weighted by Gasteiger charge is 2.16. The first-order valence-electron chi connectivity index (χ1n) is 7.34. The van der Waals surface area contributed by atoms with Gasteiger partial charge in [-0.15, -0.1) is 0 Å². The van der Waals surface area contributed by atoms with E-state index in [1.54, 1.807) is 10.5 Å². The fourth-order valence-corrected chi connectivity index (χ4v) is 2.89. The van der Waals surface area contributed by atoms with Crippen LogP contribution in [0, 0.1) is 12.8 Å². The van der Waals surface area contributed by atoms with Crippen molar-refractivity contribution in [1.82, 2.24) is 14.3 Å². The quantitative estimate of drug-likeness (QED) is 0.840. The standard InChI is InChI=1S/C16H21N3O/c1-12-6-8-18(9-7-12)11-14-10-16(20)19-13(2)4-3-5-15(19)17-14/h3-5,10,12H,6-9,11H2,1-2H3. The van der Waals surface area contributed by atoms with Crippen LogP contribution in [0.4, 0.5) is 0 Å². The Morgan fingerprint density at radius 3 is 2.80 bits per heavy atom. The maximum atomic E-state index is 12.2. The first-order valence-corrected chi connectivity index (χ1v) is 7.34. The summed E-state index contributed by atoms with van der Waals surface area (Å²) in [7, 11) is 0. The van der Waals surface area contributed by atoms with Crippen LogP contribution >= 0.6 is 0 Å². The third-order valence-electron chi connectivity index (χ3n) is 4.20. The highest BCUT2D eigenvalue weighted by Crippen LogP contribution is 2.17. The predicted molar refractivity (Wildman–Crippen MR) is 79.9 cm³/mol. The minimum Gasteiger partial charge on any atom is -0.297 e. The van der Waals surface area contributed by atoms with Crippen molar-refractivity contribution in [3.8, 4) is 0 Å². The Kier molecular flexibility index (Phi) is 3.57. The smallest absolute Gasteiger partial charge is 0.258 e. The van der Waals surface area contributed by atoms with Gasteiger partial charge in [0.05, 0.1) is 5.69 Å². The lowest BCUT2D eigenvalue weighted by Crippen LogP contribution is -2.33. The van der Waals surface area contributed by atoms with Crippen LogP contribution < -0.4 is 5.56 Å². The first-order chi connectivity index (χ1) is 9.63. The number of likely N-dealkylation sites (tertiary alicyclic amines) is 1. The van der Waals surface area contributed by atoms with Gasteiger partial charge in [0, 0.05) is 18.3 Å². The maximum Gasteiger partial charge on any atom is 0.258 e. The molecule has 0 atom stereocenters. The van der Waals surface area contributed by atoms with Crippen molar-refractivity contribution in [3.63, 3.8) is 0 Å².